The minimum absolute atomic E-state index is 0.0337. The molecule has 0 spiro atoms. The molecule has 1 atom stereocenters. The smallest absolute Gasteiger partial charge is 0.307 e. The number of benzene rings is 2. The van der Waals surface area contributed by atoms with Crippen LogP contribution >= 0.6 is 0 Å². The van der Waals surface area contributed by atoms with E-state index in [0.29, 0.717) is 11.4 Å². The molecule has 0 radical (unpaired) electrons. The first-order valence-electron chi connectivity index (χ1n) is 11.7. The summed E-state index contributed by atoms with van der Waals surface area (Å²) in [4.78, 5) is 34.4. The second kappa shape index (κ2) is 10.8. The standard InChI is InChI=1S/C27H28N6O3/c1-3-36-25(34)15-17-33(24-10-6-7-16-29-24)26(35)27(19-30-21-13-11-20(18-28)12-14-21)31-22-8-4-5-9-23(22)32(27)2/h4-14,16,30-31H,3,15,17,19H2,1-2H3. The number of nitriles is 1. The lowest BCUT2D eigenvalue weighted by molar-refractivity contribution is -0.142. The fourth-order valence-electron chi connectivity index (χ4n) is 4.21. The molecule has 2 N–H and O–H groups in total. The molecular formula is C27H28N6O3. The van der Waals surface area contributed by atoms with Crippen molar-refractivity contribution in [3.8, 4) is 6.07 Å². The van der Waals surface area contributed by atoms with Crippen LogP contribution in [0.4, 0.5) is 22.9 Å². The van der Waals surface area contributed by atoms with Crippen molar-refractivity contribution in [2.75, 3.05) is 47.2 Å². The number of hydrogen-bond acceptors (Lipinski definition) is 8. The summed E-state index contributed by atoms with van der Waals surface area (Å²) in [5, 5.41) is 15.9. The number of amides is 1. The van der Waals surface area contributed by atoms with E-state index < -0.39 is 5.66 Å². The number of ether oxygens (including phenoxy) is 1. The number of aromatic nitrogens is 1. The van der Waals surface area contributed by atoms with Gasteiger partial charge in [-0.2, -0.15) is 5.26 Å². The van der Waals surface area contributed by atoms with Crippen molar-refractivity contribution in [2.45, 2.75) is 19.0 Å². The summed E-state index contributed by atoms with van der Waals surface area (Å²) in [5.74, 6) is -0.215. The molecule has 0 bridgehead atoms. The third-order valence-electron chi connectivity index (χ3n) is 6.11. The van der Waals surface area contributed by atoms with E-state index in [4.69, 9.17) is 10.00 Å². The molecular weight excluding hydrogens is 456 g/mol. The van der Waals surface area contributed by atoms with Crippen molar-refractivity contribution in [3.63, 3.8) is 0 Å². The van der Waals surface area contributed by atoms with Gasteiger partial charge >= 0.3 is 5.97 Å². The van der Waals surface area contributed by atoms with Gasteiger partial charge in [-0.3, -0.25) is 14.5 Å². The fraction of sp³-hybridized carbons (Fsp3) is 0.259. The quantitative estimate of drug-likeness (QED) is 0.443. The molecule has 0 saturated carbocycles. The van der Waals surface area contributed by atoms with E-state index in [1.807, 2.05) is 36.2 Å². The Labute approximate surface area is 210 Å². The predicted octanol–water partition coefficient (Wildman–Crippen LogP) is 3.61. The summed E-state index contributed by atoms with van der Waals surface area (Å²) in [5.41, 5.74) is 1.79. The van der Waals surface area contributed by atoms with Crippen molar-refractivity contribution in [1.29, 1.82) is 5.26 Å². The second-order valence-corrected chi connectivity index (χ2v) is 8.30. The predicted molar refractivity (Wildman–Crippen MR) is 139 cm³/mol. The van der Waals surface area contributed by atoms with Crippen LogP contribution in [-0.2, 0) is 14.3 Å². The lowest BCUT2D eigenvalue weighted by atomic mass is 10.1. The Morgan fingerprint density at radius 3 is 2.56 bits per heavy atom. The van der Waals surface area contributed by atoms with Gasteiger partial charge in [-0.05, 0) is 55.5 Å². The molecule has 9 heteroatoms. The van der Waals surface area contributed by atoms with Crippen LogP contribution in [0.3, 0.4) is 0 Å². The van der Waals surface area contributed by atoms with Gasteiger partial charge in [0.25, 0.3) is 5.91 Å². The lowest BCUT2D eigenvalue weighted by Crippen LogP contribution is -2.65. The Morgan fingerprint density at radius 2 is 1.89 bits per heavy atom. The number of para-hydroxylation sites is 2. The number of esters is 1. The maximum atomic E-state index is 14.4. The summed E-state index contributed by atoms with van der Waals surface area (Å²) in [6, 6.07) is 22.2. The van der Waals surface area contributed by atoms with Crippen molar-refractivity contribution in [2.24, 2.45) is 0 Å². The SMILES string of the molecule is CCOC(=O)CCN(C(=O)C1(CNc2ccc(C#N)cc2)Nc2ccccc2N1C)c1ccccn1. The van der Waals surface area contributed by atoms with Crippen molar-refractivity contribution in [1.82, 2.24) is 4.98 Å². The molecule has 1 aliphatic rings. The molecule has 0 fully saturated rings. The maximum absolute atomic E-state index is 14.4. The highest BCUT2D eigenvalue weighted by molar-refractivity contribution is 6.07. The molecule has 0 saturated heterocycles. The molecule has 1 unspecified atom stereocenters. The summed E-state index contributed by atoms with van der Waals surface area (Å²) in [6.07, 6.45) is 1.65. The highest BCUT2D eigenvalue weighted by Gasteiger charge is 2.50. The van der Waals surface area contributed by atoms with Crippen LogP contribution in [0.1, 0.15) is 18.9 Å². The largest absolute Gasteiger partial charge is 0.466 e. The van der Waals surface area contributed by atoms with E-state index in [-0.39, 0.29) is 38.0 Å². The average Bonchev–Trinajstić information content (AvgIpc) is 3.21. The van der Waals surface area contributed by atoms with Gasteiger partial charge < -0.3 is 20.3 Å². The number of nitrogens with one attached hydrogen (secondary N) is 2. The number of likely N-dealkylation sites (N-methyl/N-ethyl adjacent to an activating group) is 1. The van der Waals surface area contributed by atoms with E-state index in [1.54, 1.807) is 55.6 Å². The van der Waals surface area contributed by atoms with E-state index in [1.165, 1.54) is 4.90 Å². The van der Waals surface area contributed by atoms with Gasteiger partial charge in [-0.1, -0.05) is 18.2 Å². The number of carbonyl (C=O) groups is 2. The normalized spacial score (nSPS) is 15.9. The first-order chi connectivity index (χ1) is 17.5. The van der Waals surface area contributed by atoms with Gasteiger partial charge in [0.15, 0.2) is 0 Å². The Kier molecular flexibility index (Phi) is 7.35. The maximum Gasteiger partial charge on any atom is 0.307 e. The number of anilines is 4. The number of nitrogens with zero attached hydrogens (tertiary/aromatic N) is 4. The van der Waals surface area contributed by atoms with Crippen molar-refractivity contribution >= 4 is 34.8 Å². The molecule has 1 amide bonds. The Balaban J connectivity index is 1.69. The van der Waals surface area contributed by atoms with Crippen LogP contribution in [0.5, 0.6) is 0 Å². The zero-order chi connectivity index (χ0) is 25.5. The third-order valence-corrected chi connectivity index (χ3v) is 6.11. The van der Waals surface area contributed by atoms with Crippen LogP contribution < -0.4 is 20.4 Å². The van der Waals surface area contributed by atoms with Gasteiger partial charge in [-0.25, -0.2) is 4.98 Å². The molecule has 9 nitrogen and oxygen atoms in total. The van der Waals surface area contributed by atoms with E-state index in [0.717, 1.165) is 17.1 Å². The number of pyridine rings is 1. The number of carbonyl (C=O) groups excluding carboxylic acids is 2. The molecule has 1 aliphatic heterocycles. The van der Waals surface area contributed by atoms with E-state index in [2.05, 4.69) is 21.7 Å². The van der Waals surface area contributed by atoms with Gasteiger partial charge in [0.2, 0.25) is 5.66 Å². The summed E-state index contributed by atoms with van der Waals surface area (Å²) in [7, 11) is 1.86. The molecule has 0 aliphatic carbocycles. The van der Waals surface area contributed by atoms with Crippen LogP contribution in [-0.4, -0.2) is 49.3 Å². The van der Waals surface area contributed by atoms with Gasteiger partial charge in [-0.15, -0.1) is 0 Å². The number of fused-ring (bicyclic) bond motifs is 1. The Morgan fingerprint density at radius 1 is 1.14 bits per heavy atom. The average molecular weight is 485 g/mol. The zero-order valence-electron chi connectivity index (χ0n) is 20.3. The number of rotatable bonds is 9. The molecule has 36 heavy (non-hydrogen) atoms. The molecule has 3 aromatic rings. The zero-order valence-corrected chi connectivity index (χ0v) is 20.3. The first kappa shape index (κ1) is 24.5. The molecule has 1 aromatic heterocycles. The molecule has 184 valence electrons. The summed E-state index contributed by atoms with van der Waals surface area (Å²) in [6.45, 7) is 2.33. The van der Waals surface area contributed by atoms with Gasteiger partial charge in [0.1, 0.15) is 5.82 Å². The Hall–Kier alpha value is -4.58. The van der Waals surface area contributed by atoms with E-state index >= 15 is 0 Å². The monoisotopic (exact) mass is 484 g/mol. The topological polar surface area (TPSA) is 111 Å². The summed E-state index contributed by atoms with van der Waals surface area (Å²) < 4.78 is 5.10. The highest BCUT2D eigenvalue weighted by atomic mass is 16.5. The third kappa shape index (κ3) is 4.93. The van der Waals surface area contributed by atoms with Crippen LogP contribution in [0, 0.1) is 11.3 Å². The number of hydrogen-bond donors (Lipinski definition) is 2. The first-order valence-corrected chi connectivity index (χ1v) is 11.7. The van der Waals surface area contributed by atoms with E-state index in [9.17, 15) is 9.59 Å². The minimum atomic E-state index is -1.22. The van der Waals surface area contributed by atoms with Crippen molar-refractivity contribution in [3.05, 3.63) is 78.5 Å². The van der Waals surface area contributed by atoms with Crippen LogP contribution in [0.2, 0.25) is 0 Å². The van der Waals surface area contributed by atoms with Crippen molar-refractivity contribution < 1.29 is 14.3 Å². The van der Waals surface area contributed by atoms with Gasteiger partial charge in [0.05, 0.1) is 42.6 Å². The van der Waals surface area contributed by atoms with Crippen LogP contribution in [0.15, 0.2) is 72.9 Å². The summed E-state index contributed by atoms with van der Waals surface area (Å²) >= 11 is 0. The molecule has 2 heterocycles. The lowest BCUT2D eigenvalue weighted by Gasteiger charge is -2.40. The minimum Gasteiger partial charge on any atom is -0.466 e. The van der Waals surface area contributed by atoms with Gasteiger partial charge in [0, 0.05) is 25.5 Å². The molecule has 4 rings (SSSR count). The highest BCUT2D eigenvalue weighted by Crippen LogP contribution is 2.40. The fourth-order valence-corrected chi connectivity index (χ4v) is 4.21. The second-order valence-electron chi connectivity index (χ2n) is 8.30. The molecule has 2 aromatic carbocycles. The Bertz CT molecular complexity index is 1260. The van der Waals surface area contributed by atoms with Crippen LogP contribution in [0.25, 0.3) is 0 Å².